The first-order valence-electron chi connectivity index (χ1n) is 9.30. The Kier molecular flexibility index (Phi) is 3.47. The maximum atomic E-state index is 8.79. The average Bonchev–Trinajstić information content (AvgIpc) is 3.34. The van der Waals surface area contributed by atoms with Crippen molar-refractivity contribution < 1.29 is 0 Å². The van der Waals surface area contributed by atoms with Crippen LogP contribution in [0.1, 0.15) is 16.7 Å². The maximum Gasteiger partial charge on any atom is 0.202 e. The first-order chi connectivity index (χ1) is 13.1. The summed E-state index contributed by atoms with van der Waals surface area (Å²) in [6, 6.07) is 17.0. The zero-order valence-corrected chi connectivity index (χ0v) is 15.6. The van der Waals surface area contributed by atoms with Gasteiger partial charge in [0.25, 0.3) is 0 Å². The van der Waals surface area contributed by atoms with E-state index in [0.717, 1.165) is 24.3 Å². The van der Waals surface area contributed by atoms with Gasteiger partial charge in [-0.1, -0.05) is 36.4 Å². The van der Waals surface area contributed by atoms with E-state index in [2.05, 4.69) is 66.0 Å². The molecule has 0 atom stereocenters. The molecule has 0 spiro atoms. The maximum absolute atomic E-state index is 8.79. The van der Waals surface area contributed by atoms with E-state index in [9.17, 15) is 0 Å². The Morgan fingerprint density at radius 3 is 2.63 bits per heavy atom. The van der Waals surface area contributed by atoms with Gasteiger partial charge in [0.1, 0.15) is 0 Å². The van der Waals surface area contributed by atoms with Crippen LogP contribution < -0.4 is 15.1 Å². The predicted molar refractivity (Wildman–Crippen MR) is 116 cm³/mol. The number of hydrogen-bond acceptors (Lipinski definition) is 2. The van der Waals surface area contributed by atoms with Gasteiger partial charge in [-0.05, 0) is 52.8 Å². The van der Waals surface area contributed by atoms with Gasteiger partial charge in [0.05, 0.1) is 5.69 Å². The Morgan fingerprint density at radius 1 is 0.963 bits per heavy atom. The molecular formula is C23H22N4. The van der Waals surface area contributed by atoms with Gasteiger partial charge in [-0.15, -0.1) is 0 Å². The highest BCUT2D eigenvalue weighted by Gasteiger charge is 2.20. The van der Waals surface area contributed by atoms with Crippen molar-refractivity contribution >= 4 is 45.9 Å². The molecule has 2 N–H and O–H groups in total. The van der Waals surface area contributed by atoms with Crippen molar-refractivity contribution in [1.29, 1.82) is 5.41 Å². The lowest BCUT2D eigenvalue weighted by Gasteiger charge is -2.29. The average molecular weight is 354 g/mol. The summed E-state index contributed by atoms with van der Waals surface area (Å²) in [6.45, 7) is 0.995. The molecule has 0 radical (unpaired) electrons. The Labute approximate surface area is 159 Å². The Bertz CT molecular complexity index is 1100. The predicted octanol–water partition coefficient (Wildman–Crippen LogP) is 4.80. The third kappa shape index (κ3) is 2.40. The molecule has 5 rings (SSSR count). The number of hydrogen-bond donors (Lipinski definition) is 2. The first-order valence-corrected chi connectivity index (χ1v) is 9.30. The molecule has 4 heteroatoms. The minimum Gasteiger partial charge on any atom is -0.384 e. The minimum absolute atomic E-state index is 0.451. The molecule has 0 saturated carbocycles. The molecule has 2 aliphatic rings. The number of benzene rings is 3. The van der Waals surface area contributed by atoms with Crippen LogP contribution in [-0.4, -0.2) is 26.6 Å². The number of rotatable bonds is 2. The molecule has 0 saturated heterocycles. The third-order valence-electron chi connectivity index (χ3n) is 5.71. The van der Waals surface area contributed by atoms with Gasteiger partial charge in [0.15, 0.2) is 0 Å². The summed E-state index contributed by atoms with van der Waals surface area (Å²) in [6.07, 6.45) is 5.37. The van der Waals surface area contributed by atoms with Gasteiger partial charge in [-0.25, -0.2) is 0 Å². The lowest BCUT2D eigenvalue weighted by atomic mass is 10.0. The Balaban J connectivity index is 1.50. The van der Waals surface area contributed by atoms with E-state index in [1.165, 1.54) is 33.2 Å². The molecule has 3 aromatic rings. The van der Waals surface area contributed by atoms with Crippen LogP contribution >= 0.6 is 0 Å². The van der Waals surface area contributed by atoms with Gasteiger partial charge >= 0.3 is 0 Å². The fraction of sp³-hybridized carbons (Fsp3) is 0.174. The summed E-state index contributed by atoms with van der Waals surface area (Å²) in [5, 5.41) is 14.7. The topological polar surface area (TPSA) is 42.4 Å². The fourth-order valence-corrected chi connectivity index (χ4v) is 4.16. The standard InChI is InChI=1S/C23H22N4/c1-26(18-9-10-20-17(14-18)12-13-25-20)23(24)27(2)21-11-8-16-7-6-15-4-3-5-19(21)22(15)16/h3-11,14,24-25H,12-13H2,1-2H3. The smallest absolute Gasteiger partial charge is 0.202 e. The van der Waals surface area contributed by atoms with Gasteiger partial charge in [-0.2, -0.15) is 0 Å². The summed E-state index contributed by atoms with van der Waals surface area (Å²) in [4.78, 5) is 3.91. The number of fused-ring (bicyclic) bond motifs is 1. The SMILES string of the molecule is CN(C(=N)N(C)c1ccc2c3c(cccc13)C=C2)c1ccc2c(c1)CCN2. The summed E-state index contributed by atoms with van der Waals surface area (Å²) >= 11 is 0. The van der Waals surface area contributed by atoms with Crippen LogP contribution in [0.4, 0.5) is 17.1 Å². The zero-order valence-electron chi connectivity index (χ0n) is 15.6. The quantitative estimate of drug-likeness (QED) is 0.401. The molecule has 0 unspecified atom stereocenters. The monoisotopic (exact) mass is 354 g/mol. The molecule has 1 heterocycles. The molecular weight excluding hydrogens is 332 g/mol. The second kappa shape index (κ2) is 5.88. The van der Waals surface area contributed by atoms with Gasteiger partial charge < -0.3 is 15.1 Å². The molecule has 134 valence electrons. The molecule has 0 aromatic heterocycles. The highest BCUT2D eigenvalue weighted by Crippen LogP contribution is 2.37. The molecule has 1 aliphatic heterocycles. The fourth-order valence-electron chi connectivity index (χ4n) is 4.16. The Morgan fingerprint density at radius 2 is 1.78 bits per heavy atom. The summed E-state index contributed by atoms with van der Waals surface area (Å²) < 4.78 is 0. The summed E-state index contributed by atoms with van der Waals surface area (Å²) in [7, 11) is 3.94. The highest BCUT2D eigenvalue weighted by atomic mass is 15.3. The number of guanidine groups is 1. The van der Waals surface area contributed by atoms with Crippen LogP contribution in [0.2, 0.25) is 0 Å². The van der Waals surface area contributed by atoms with Crippen molar-refractivity contribution in [2.75, 3.05) is 35.8 Å². The lowest BCUT2D eigenvalue weighted by Crippen LogP contribution is -2.39. The molecule has 1 aliphatic carbocycles. The third-order valence-corrected chi connectivity index (χ3v) is 5.71. The summed E-state index contributed by atoms with van der Waals surface area (Å²) in [5.74, 6) is 0.451. The van der Waals surface area contributed by atoms with E-state index in [4.69, 9.17) is 5.41 Å². The van der Waals surface area contributed by atoms with Crippen molar-refractivity contribution in [3.8, 4) is 0 Å². The molecule has 0 amide bonds. The number of nitrogens with one attached hydrogen (secondary N) is 2. The van der Waals surface area contributed by atoms with Gasteiger partial charge in [0.2, 0.25) is 5.96 Å². The van der Waals surface area contributed by atoms with Crippen LogP contribution in [0.3, 0.4) is 0 Å². The van der Waals surface area contributed by atoms with E-state index in [1.807, 2.05) is 23.9 Å². The molecule has 4 nitrogen and oxygen atoms in total. The first kappa shape index (κ1) is 15.9. The van der Waals surface area contributed by atoms with Crippen molar-refractivity contribution in [2.45, 2.75) is 6.42 Å². The minimum atomic E-state index is 0.451. The van der Waals surface area contributed by atoms with Gasteiger partial charge in [0, 0.05) is 37.4 Å². The zero-order chi connectivity index (χ0) is 18.5. The van der Waals surface area contributed by atoms with E-state index in [0.29, 0.717) is 5.96 Å². The second-order valence-electron chi connectivity index (χ2n) is 7.24. The Hall–Kier alpha value is -3.27. The van der Waals surface area contributed by atoms with E-state index in [-0.39, 0.29) is 0 Å². The van der Waals surface area contributed by atoms with Crippen molar-refractivity contribution in [3.05, 3.63) is 65.2 Å². The van der Waals surface area contributed by atoms with Crippen molar-refractivity contribution in [1.82, 2.24) is 0 Å². The number of nitrogens with zero attached hydrogens (tertiary/aromatic N) is 2. The van der Waals surface area contributed by atoms with Crippen LogP contribution in [-0.2, 0) is 6.42 Å². The summed E-state index contributed by atoms with van der Waals surface area (Å²) in [5.41, 5.74) is 7.15. The molecule has 0 bridgehead atoms. The number of anilines is 3. The molecule has 0 fully saturated rings. The van der Waals surface area contributed by atoms with Gasteiger partial charge in [-0.3, -0.25) is 5.41 Å². The highest BCUT2D eigenvalue weighted by molar-refractivity contribution is 6.14. The van der Waals surface area contributed by atoms with E-state index in [1.54, 1.807) is 0 Å². The van der Waals surface area contributed by atoms with E-state index < -0.39 is 0 Å². The second-order valence-corrected chi connectivity index (χ2v) is 7.24. The lowest BCUT2D eigenvalue weighted by molar-refractivity contribution is 1.09. The largest absolute Gasteiger partial charge is 0.384 e. The van der Waals surface area contributed by atoms with Crippen LogP contribution in [0, 0.1) is 5.41 Å². The van der Waals surface area contributed by atoms with Crippen molar-refractivity contribution in [2.24, 2.45) is 0 Å². The van der Waals surface area contributed by atoms with Crippen LogP contribution in [0.25, 0.3) is 22.9 Å². The van der Waals surface area contributed by atoms with Crippen LogP contribution in [0.15, 0.2) is 48.5 Å². The van der Waals surface area contributed by atoms with Crippen LogP contribution in [0.5, 0.6) is 0 Å². The van der Waals surface area contributed by atoms with E-state index >= 15 is 0 Å². The molecule has 3 aromatic carbocycles. The normalized spacial score (nSPS) is 13.6. The molecule has 27 heavy (non-hydrogen) atoms. The van der Waals surface area contributed by atoms with Crippen molar-refractivity contribution in [3.63, 3.8) is 0 Å².